The molecule has 0 radical (unpaired) electrons. The quantitative estimate of drug-likeness (QED) is 0.402. The Labute approximate surface area is 268 Å². The fourth-order valence-corrected chi connectivity index (χ4v) is 7.33. The second kappa shape index (κ2) is 14.4. The summed E-state index contributed by atoms with van der Waals surface area (Å²) in [5.41, 5.74) is 3.67. The van der Waals surface area contributed by atoms with Gasteiger partial charge in [0.25, 0.3) is 0 Å². The summed E-state index contributed by atoms with van der Waals surface area (Å²) >= 11 is 0. The number of ether oxygens (including phenoxy) is 1. The highest BCUT2D eigenvalue weighted by atomic mass is 16.6. The summed E-state index contributed by atoms with van der Waals surface area (Å²) in [4.78, 5) is 46.1. The van der Waals surface area contributed by atoms with Crippen molar-refractivity contribution < 1.29 is 19.1 Å². The summed E-state index contributed by atoms with van der Waals surface area (Å²) in [5.74, 6) is 0.456. The zero-order valence-electron chi connectivity index (χ0n) is 27.9. The Bertz CT molecular complexity index is 1330. The molecule has 0 aliphatic carbocycles. The van der Waals surface area contributed by atoms with Gasteiger partial charge < -0.3 is 19.9 Å². The van der Waals surface area contributed by atoms with Gasteiger partial charge in [-0.05, 0) is 63.9 Å². The maximum Gasteiger partial charge on any atom is 0.410 e. The highest BCUT2D eigenvalue weighted by molar-refractivity contribution is 6.00. The largest absolute Gasteiger partial charge is 0.445 e. The van der Waals surface area contributed by atoms with E-state index in [1.807, 2.05) is 35.2 Å². The van der Waals surface area contributed by atoms with Crippen LogP contribution in [0.3, 0.4) is 0 Å². The highest BCUT2D eigenvalue weighted by Crippen LogP contribution is 2.35. The van der Waals surface area contributed by atoms with E-state index in [2.05, 4.69) is 49.5 Å². The summed E-state index contributed by atoms with van der Waals surface area (Å²) < 4.78 is 7.72. The topological polar surface area (TPSA) is 100 Å². The van der Waals surface area contributed by atoms with Crippen molar-refractivity contribution in [3.63, 3.8) is 0 Å². The molecule has 5 rings (SSSR count). The summed E-state index contributed by atoms with van der Waals surface area (Å²) in [6, 6.07) is 9.58. The first-order valence-corrected chi connectivity index (χ1v) is 17.0. The fraction of sp³-hybridized carbons (Fsp3) is 0.657. The van der Waals surface area contributed by atoms with E-state index in [1.54, 1.807) is 4.90 Å². The van der Waals surface area contributed by atoms with E-state index in [1.165, 1.54) is 11.3 Å². The van der Waals surface area contributed by atoms with Gasteiger partial charge in [-0.3, -0.25) is 19.2 Å². The van der Waals surface area contributed by atoms with Crippen molar-refractivity contribution in [2.45, 2.75) is 110 Å². The Kier molecular flexibility index (Phi) is 10.5. The molecule has 1 spiro atoms. The van der Waals surface area contributed by atoms with Gasteiger partial charge in [0.05, 0.1) is 11.7 Å². The molecule has 1 N–H and O–H groups in total. The molecule has 3 saturated heterocycles. The maximum absolute atomic E-state index is 13.6. The number of hydrogen-bond acceptors (Lipinski definition) is 6. The van der Waals surface area contributed by atoms with Crippen molar-refractivity contribution in [1.82, 2.24) is 29.8 Å². The first-order chi connectivity index (χ1) is 21.6. The lowest BCUT2D eigenvalue weighted by Crippen LogP contribution is -2.73. The Morgan fingerprint density at radius 1 is 1.07 bits per heavy atom. The molecule has 10 nitrogen and oxygen atoms in total. The third kappa shape index (κ3) is 7.21. The fourth-order valence-electron chi connectivity index (χ4n) is 7.33. The SMILES string of the molecule is CCCCN1C(=O)[C@H](CC(C)C)NC(=O)C12CCN(Cc1c(C)nn(C3CCN(C(=O)OCc4ccccc4)CC3)c1C)CC2. The number of hydrogen-bond donors (Lipinski definition) is 1. The third-order valence-corrected chi connectivity index (χ3v) is 10.1. The van der Waals surface area contributed by atoms with Gasteiger partial charge in [-0.1, -0.05) is 57.5 Å². The molecule has 10 heteroatoms. The average molecular weight is 621 g/mol. The van der Waals surface area contributed by atoms with Crippen molar-refractivity contribution in [3.05, 3.63) is 52.8 Å². The number of rotatable bonds is 10. The van der Waals surface area contributed by atoms with Crippen molar-refractivity contribution in [2.24, 2.45) is 5.92 Å². The second-order valence-electron chi connectivity index (χ2n) is 13.7. The number of aromatic nitrogens is 2. The van der Waals surface area contributed by atoms with E-state index < -0.39 is 11.6 Å². The van der Waals surface area contributed by atoms with Gasteiger partial charge in [0.15, 0.2) is 0 Å². The van der Waals surface area contributed by atoms with Gasteiger partial charge in [-0.25, -0.2) is 4.79 Å². The van der Waals surface area contributed by atoms with Crippen LogP contribution in [-0.4, -0.2) is 86.7 Å². The van der Waals surface area contributed by atoms with Gasteiger partial charge in [0, 0.05) is 50.5 Å². The highest BCUT2D eigenvalue weighted by Gasteiger charge is 2.53. The zero-order valence-corrected chi connectivity index (χ0v) is 27.9. The van der Waals surface area contributed by atoms with E-state index in [0.29, 0.717) is 44.8 Å². The number of carbonyl (C=O) groups is 3. The Morgan fingerprint density at radius 2 is 1.76 bits per heavy atom. The van der Waals surface area contributed by atoms with Crippen molar-refractivity contribution >= 4 is 17.9 Å². The molecule has 0 saturated carbocycles. The lowest BCUT2D eigenvalue weighted by atomic mass is 9.80. The number of benzene rings is 1. The lowest BCUT2D eigenvalue weighted by molar-refractivity contribution is -0.161. The molecule has 0 unspecified atom stereocenters. The van der Waals surface area contributed by atoms with Crippen LogP contribution in [0, 0.1) is 19.8 Å². The van der Waals surface area contributed by atoms with Crippen LogP contribution in [0.15, 0.2) is 30.3 Å². The predicted octanol–water partition coefficient (Wildman–Crippen LogP) is 4.98. The smallest absolute Gasteiger partial charge is 0.410 e. The van der Waals surface area contributed by atoms with E-state index in [9.17, 15) is 14.4 Å². The molecule has 1 aromatic heterocycles. The Morgan fingerprint density at radius 3 is 2.40 bits per heavy atom. The van der Waals surface area contributed by atoms with E-state index in [4.69, 9.17) is 9.84 Å². The van der Waals surface area contributed by atoms with Gasteiger partial charge in [-0.2, -0.15) is 5.10 Å². The molecule has 3 aliphatic rings. The molecule has 4 heterocycles. The van der Waals surface area contributed by atoms with Crippen LogP contribution in [-0.2, 0) is 27.5 Å². The second-order valence-corrected chi connectivity index (χ2v) is 13.7. The van der Waals surface area contributed by atoms with Crippen LogP contribution in [0.1, 0.15) is 94.3 Å². The predicted molar refractivity (Wildman–Crippen MR) is 173 cm³/mol. The van der Waals surface area contributed by atoms with Crippen LogP contribution in [0.5, 0.6) is 0 Å². The van der Waals surface area contributed by atoms with E-state index in [0.717, 1.165) is 56.6 Å². The van der Waals surface area contributed by atoms with Gasteiger partial charge in [0.2, 0.25) is 11.8 Å². The standard InChI is InChI=1S/C35H52N6O4/c1-6-7-17-40-32(42)31(22-25(2)3)36-33(43)35(40)15-20-38(21-16-35)23-30-26(4)37-41(27(30)5)29-13-18-39(19-14-29)34(44)45-24-28-11-9-8-10-12-28/h8-12,25,29,31H,6-7,13-24H2,1-5H3,(H,36,43)/t31-/m0/s1. The first-order valence-electron chi connectivity index (χ1n) is 17.0. The molecule has 3 aliphatic heterocycles. The average Bonchev–Trinajstić information content (AvgIpc) is 3.32. The molecule has 45 heavy (non-hydrogen) atoms. The monoisotopic (exact) mass is 620 g/mol. The Balaban J connectivity index is 1.17. The summed E-state index contributed by atoms with van der Waals surface area (Å²) in [7, 11) is 0. The minimum Gasteiger partial charge on any atom is -0.445 e. The molecule has 1 aromatic carbocycles. The van der Waals surface area contributed by atoms with Gasteiger partial charge in [0.1, 0.15) is 18.2 Å². The first kappa shape index (κ1) is 33.0. The van der Waals surface area contributed by atoms with Crippen LogP contribution in [0.4, 0.5) is 4.79 Å². The summed E-state index contributed by atoms with van der Waals surface area (Å²) in [6.07, 6.45) is 5.28. The lowest BCUT2D eigenvalue weighted by Gasteiger charge is -2.52. The van der Waals surface area contributed by atoms with Crippen LogP contribution in [0.2, 0.25) is 0 Å². The molecular weight excluding hydrogens is 568 g/mol. The summed E-state index contributed by atoms with van der Waals surface area (Å²) in [5, 5.41) is 8.08. The van der Waals surface area contributed by atoms with Crippen LogP contribution < -0.4 is 5.32 Å². The van der Waals surface area contributed by atoms with Gasteiger partial charge >= 0.3 is 6.09 Å². The van der Waals surface area contributed by atoms with Gasteiger partial charge in [-0.15, -0.1) is 0 Å². The number of likely N-dealkylation sites (tertiary alicyclic amines) is 2. The minimum atomic E-state index is -0.749. The number of nitrogens with one attached hydrogen (secondary N) is 1. The van der Waals surface area contributed by atoms with Crippen molar-refractivity contribution in [3.8, 4) is 0 Å². The normalized spacial score (nSPS) is 21.1. The number of unbranched alkanes of at least 4 members (excludes halogenated alkanes) is 1. The van der Waals surface area contributed by atoms with Crippen LogP contribution >= 0.6 is 0 Å². The molecule has 1 atom stereocenters. The molecule has 2 aromatic rings. The number of amides is 3. The number of aryl methyl sites for hydroxylation is 1. The Hall–Kier alpha value is -3.40. The zero-order chi connectivity index (χ0) is 32.1. The molecular formula is C35H52N6O4. The molecule has 3 fully saturated rings. The van der Waals surface area contributed by atoms with Crippen molar-refractivity contribution in [2.75, 3.05) is 32.7 Å². The number of nitrogens with zero attached hydrogens (tertiary/aromatic N) is 5. The van der Waals surface area contributed by atoms with E-state index >= 15 is 0 Å². The maximum atomic E-state index is 13.6. The molecule has 3 amide bonds. The number of piperazine rings is 1. The number of carbonyl (C=O) groups excluding carboxylic acids is 3. The number of piperidine rings is 2. The van der Waals surface area contributed by atoms with Crippen molar-refractivity contribution in [1.29, 1.82) is 0 Å². The van der Waals surface area contributed by atoms with Crippen LogP contribution in [0.25, 0.3) is 0 Å². The van der Waals surface area contributed by atoms with E-state index in [-0.39, 0.29) is 30.6 Å². The third-order valence-electron chi connectivity index (χ3n) is 10.1. The minimum absolute atomic E-state index is 0.0268. The molecule has 246 valence electrons. The molecule has 0 bridgehead atoms. The summed E-state index contributed by atoms with van der Waals surface area (Å²) in [6.45, 7) is 15.1.